The summed E-state index contributed by atoms with van der Waals surface area (Å²) in [4.78, 5) is 34.1. The first kappa shape index (κ1) is 20.6. The highest BCUT2D eigenvalue weighted by molar-refractivity contribution is 6.30. The second-order valence-corrected chi connectivity index (χ2v) is 7.60. The molecule has 0 aliphatic carbocycles. The Labute approximate surface area is 171 Å². The highest BCUT2D eigenvalue weighted by Crippen LogP contribution is 2.14. The molecule has 2 aliphatic rings. The van der Waals surface area contributed by atoms with Crippen LogP contribution in [0.5, 0.6) is 0 Å². The Morgan fingerprint density at radius 3 is 2.50 bits per heavy atom. The molecule has 0 spiro atoms. The van der Waals surface area contributed by atoms with Crippen molar-refractivity contribution in [3.8, 4) is 0 Å². The van der Waals surface area contributed by atoms with Gasteiger partial charge in [-0.15, -0.1) is 0 Å². The lowest BCUT2D eigenvalue weighted by molar-refractivity contribution is -0.147. The topological polar surface area (TPSA) is 68.2 Å². The van der Waals surface area contributed by atoms with E-state index in [0.717, 1.165) is 43.7 Å². The van der Waals surface area contributed by atoms with Crippen molar-refractivity contribution < 1.29 is 9.59 Å². The fourth-order valence-corrected chi connectivity index (χ4v) is 3.89. The molecule has 152 valence electrons. The average Bonchev–Trinajstić information content (AvgIpc) is 2.68. The van der Waals surface area contributed by atoms with Crippen LogP contribution in [0, 0.1) is 0 Å². The summed E-state index contributed by atoms with van der Waals surface area (Å²) in [6, 6.07) is 7.99. The van der Waals surface area contributed by atoms with Gasteiger partial charge >= 0.3 is 0 Å². The second kappa shape index (κ2) is 9.89. The van der Waals surface area contributed by atoms with Crippen molar-refractivity contribution in [2.45, 2.75) is 25.8 Å². The molecular weight excluding hydrogens is 378 g/mol. The molecule has 0 unspecified atom stereocenters. The first-order valence-corrected chi connectivity index (χ1v) is 10.2. The quantitative estimate of drug-likeness (QED) is 0.457. The Morgan fingerprint density at radius 2 is 1.86 bits per heavy atom. The Balaban J connectivity index is 1.43. The Kier molecular flexibility index (Phi) is 7.28. The molecule has 1 N–H and O–H groups in total. The van der Waals surface area contributed by atoms with Crippen molar-refractivity contribution in [1.29, 1.82) is 0 Å². The number of amides is 2. The van der Waals surface area contributed by atoms with Crippen molar-refractivity contribution >= 4 is 29.4 Å². The van der Waals surface area contributed by atoms with E-state index < -0.39 is 0 Å². The lowest BCUT2D eigenvalue weighted by atomic mass is 10.1. The minimum Gasteiger partial charge on any atom is -0.354 e. The van der Waals surface area contributed by atoms with E-state index in [1.54, 1.807) is 7.05 Å². The summed E-state index contributed by atoms with van der Waals surface area (Å²) >= 11 is 6.07. The van der Waals surface area contributed by atoms with Gasteiger partial charge in [-0.1, -0.05) is 23.7 Å². The van der Waals surface area contributed by atoms with Gasteiger partial charge in [-0.25, -0.2) is 0 Å². The molecule has 3 rings (SSSR count). The number of nitrogens with zero attached hydrogens (tertiary/aromatic N) is 4. The lowest BCUT2D eigenvalue weighted by Gasteiger charge is -2.36. The van der Waals surface area contributed by atoms with Crippen LogP contribution in [0.4, 0.5) is 0 Å². The number of nitrogens with one attached hydrogen (secondary N) is 1. The molecule has 2 amide bonds. The van der Waals surface area contributed by atoms with Gasteiger partial charge in [-0.3, -0.25) is 24.4 Å². The molecule has 28 heavy (non-hydrogen) atoms. The van der Waals surface area contributed by atoms with Gasteiger partial charge in [0.2, 0.25) is 11.8 Å². The van der Waals surface area contributed by atoms with Gasteiger partial charge in [0.05, 0.1) is 0 Å². The highest BCUT2D eigenvalue weighted by atomic mass is 35.5. The summed E-state index contributed by atoms with van der Waals surface area (Å²) in [7, 11) is 1.76. The summed E-state index contributed by atoms with van der Waals surface area (Å²) < 4.78 is 0. The third-order valence-corrected chi connectivity index (χ3v) is 5.42. The second-order valence-electron chi connectivity index (χ2n) is 7.16. The monoisotopic (exact) mass is 405 g/mol. The minimum absolute atomic E-state index is 0.0670. The molecule has 2 heterocycles. The number of rotatable bonds is 5. The minimum atomic E-state index is -0.0670. The van der Waals surface area contributed by atoms with Gasteiger partial charge in [0.15, 0.2) is 5.96 Å². The largest absolute Gasteiger partial charge is 0.354 e. The van der Waals surface area contributed by atoms with Crippen LogP contribution in [0.3, 0.4) is 0 Å². The highest BCUT2D eigenvalue weighted by Gasteiger charge is 2.25. The van der Waals surface area contributed by atoms with Crippen LogP contribution in [0.15, 0.2) is 29.3 Å². The molecule has 0 radical (unpaired) electrons. The lowest BCUT2D eigenvalue weighted by Crippen LogP contribution is -2.53. The van der Waals surface area contributed by atoms with Crippen LogP contribution in [-0.2, 0) is 16.1 Å². The first-order valence-electron chi connectivity index (χ1n) is 9.82. The summed E-state index contributed by atoms with van der Waals surface area (Å²) in [6.45, 7) is 5.44. The van der Waals surface area contributed by atoms with Crippen LogP contribution in [0.2, 0.25) is 5.02 Å². The maximum absolute atomic E-state index is 11.9. The predicted octanol–water partition coefficient (Wildman–Crippen LogP) is 1.57. The fraction of sp³-hybridized carbons (Fsp3) is 0.550. The van der Waals surface area contributed by atoms with E-state index in [0.29, 0.717) is 32.4 Å². The molecule has 1 aromatic rings. The molecule has 1 aromatic carbocycles. The van der Waals surface area contributed by atoms with Crippen LogP contribution in [0.25, 0.3) is 0 Å². The zero-order chi connectivity index (χ0) is 19.9. The van der Waals surface area contributed by atoms with E-state index in [9.17, 15) is 9.59 Å². The van der Waals surface area contributed by atoms with Gasteiger partial charge < -0.3 is 10.2 Å². The molecule has 2 fully saturated rings. The van der Waals surface area contributed by atoms with Crippen molar-refractivity contribution in [3.63, 3.8) is 0 Å². The van der Waals surface area contributed by atoms with Crippen LogP contribution >= 0.6 is 11.6 Å². The van der Waals surface area contributed by atoms with E-state index >= 15 is 0 Å². The van der Waals surface area contributed by atoms with E-state index in [4.69, 9.17) is 11.6 Å². The molecule has 0 aromatic heterocycles. The molecule has 2 saturated heterocycles. The number of carbonyl (C=O) groups is 2. The predicted molar refractivity (Wildman–Crippen MR) is 110 cm³/mol. The number of halogens is 1. The molecule has 7 nitrogen and oxygen atoms in total. The summed E-state index contributed by atoms with van der Waals surface area (Å²) in [5.41, 5.74) is 1.22. The van der Waals surface area contributed by atoms with E-state index in [2.05, 4.69) is 26.2 Å². The van der Waals surface area contributed by atoms with E-state index in [1.807, 2.05) is 18.2 Å². The third-order valence-electron chi connectivity index (χ3n) is 5.18. The number of guanidine groups is 1. The summed E-state index contributed by atoms with van der Waals surface area (Å²) in [5.74, 6) is 0.685. The normalized spacial score (nSPS) is 19.3. The van der Waals surface area contributed by atoms with Crippen molar-refractivity contribution in [3.05, 3.63) is 34.9 Å². The third kappa shape index (κ3) is 5.45. The smallest absolute Gasteiger partial charge is 0.229 e. The standard InChI is InChI=1S/C20H28ClN5O2/c1-22-20(23-8-9-26-18(27)6-3-7-19(26)28)25-12-10-24(11-13-25)15-16-4-2-5-17(21)14-16/h2,4-5,14H,3,6-13,15H2,1H3,(H,22,23). The number of piperidine rings is 1. The van der Waals surface area contributed by atoms with Gasteiger partial charge in [0.1, 0.15) is 0 Å². The average molecular weight is 406 g/mol. The number of carbonyl (C=O) groups excluding carboxylic acids is 2. The molecule has 0 bridgehead atoms. The van der Waals surface area contributed by atoms with Gasteiger partial charge in [-0.05, 0) is 24.1 Å². The number of hydrogen-bond donors (Lipinski definition) is 1. The zero-order valence-corrected chi connectivity index (χ0v) is 17.1. The maximum atomic E-state index is 11.9. The Bertz CT molecular complexity index is 715. The van der Waals surface area contributed by atoms with Crippen LogP contribution < -0.4 is 5.32 Å². The SMILES string of the molecule is CN=C(NCCN1C(=O)CCCC1=O)N1CCN(Cc2cccc(Cl)c2)CC1. The van der Waals surface area contributed by atoms with Crippen LogP contribution in [-0.4, -0.2) is 78.8 Å². The van der Waals surface area contributed by atoms with Gasteiger partial charge in [-0.2, -0.15) is 0 Å². The van der Waals surface area contributed by atoms with Crippen molar-refractivity contribution in [1.82, 2.24) is 20.0 Å². The van der Waals surface area contributed by atoms with Gasteiger partial charge in [0, 0.05) is 70.7 Å². The molecule has 0 saturated carbocycles. The van der Waals surface area contributed by atoms with Crippen molar-refractivity contribution in [2.24, 2.45) is 4.99 Å². The number of imide groups is 1. The fourth-order valence-electron chi connectivity index (χ4n) is 3.67. The van der Waals surface area contributed by atoms with E-state index in [1.165, 1.54) is 10.5 Å². The maximum Gasteiger partial charge on any atom is 0.229 e. The van der Waals surface area contributed by atoms with Crippen LogP contribution in [0.1, 0.15) is 24.8 Å². The Hall–Kier alpha value is -2.12. The number of aliphatic imine (C=N–C) groups is 1. The molecule has 0 atom stereocenters. The van der Waals surface area contributed by atoms with E-state index in [-0.39, 0.29) is 11.8 Å². The first-order chi connectivity index (χ1) is 13.6. The number of piperazine rings is 1. The number of hydrogen-bond acceptors (Lipinski definition) is 4. The van der Waals surface area contributed by atoms with Gasteiger partial charge in [0.25, 0.3) is 0 Å². The van der Waals surface area contributed by atoms with Crippen molar-refractivity contribution in [2.75, 3.05) is 46.3 Å². The molecular formula is C20H28ClN5O2. The zero-order valence-electron chi connectivity index (χ0n) is 16.4. The number of benzene rings is 1. The summed E-state index contributed by atoms with van der Waals surface area (Å²) in [5, 5.41) is 4.06. The Morgan fingerprint density at radius 1 is 1.14 bits per heavy atom. The summed E-state index contributed by atoms with van der Waals surface area (Å²) in [6.07, 6.45) is 1.60. The molecule has 2 aliphatic heterocycles. The molecule has 8 heteroatoms. The number of likely N-dealkylation sites (tertiary alicyclic amines) is 1.